The molecule has 2 aromatic rings. The van der Waals surface area contributed by atoms with Gasteiger partial charge in [0.1, 0.15) is 0 Å². The lowest BCUT2D eigenvalue weighted by Crippen LogP contribution is -2.33. The summed E-state index contributed by atoms with van der Waals surface area (Å²) < 4.78 is 0. The van der Waals surface area contributed by atoms with Crippen LogP contribution in [-0.2, 0) is 9.59 Å². The summed E-state index contributed by atoms with van der Waals surface area (Å²) in [5.74, 6) is -1.38. The van der Waals surface area contributed by atoms with Crippen LogP contribution in [0.1, 0.15) is 41.3 Å². The zero-order valence-corrected chi connectivity index (χ0v) is 13.4. The standard InChI is InChI=1S/C17H19NO3S/c1-11-6-3-4-7-13(11)14(10-16(19)20)18-17(21)12(2)15-8-5-9-22-15/h3-9,12,14H,10H2,1-2H3,(H,18,21)(H,19,20)/t12-,14+/m0/s1. The Hall–Kier alpha value is -2.14. The first-order valence-electron chi connectivity index (χ1n) is 7.10. The topological polar surface area (TPSA) is 66.4 Å². The zero-order valence-electron chi connectivity index (χ0n) is 12.6. The van der Waals surface area contributed by atoms with Crippen LogP contribution in [0.15, 0.2) is 41.8 Å². The number of carbonyl (C=O) groups excluding carboxylic acids is 1. The molecule has 0 bridgehead atoms. The van der Waals surface area contributed by atoms with Gasteiger partial charge < -0.3 is 10.4 Å². The summed E-state index contributed by atoms with van der Waals surface area (Å²) in [7, 11) is 0. The summed E-state index contributed by atoms with van der Waals surface area (Å²) in [6, 6.07) is 10.8. The Morgan fingerprint density at radius 1 is 1.23 bits per heavy atom. The second kappa shape index (κ2) is 7.22. The highest BCUT2D eigenvalue weighted by molar-refractivity contribution is 7.10. The molecule has 4 nitrogen and oxygen atoms in total. The molecule has 1 amide bonds. The Labute approximate surface area is 133 Å². The van der Waals surface area contributed by atoms with E-state index in [4.69, 9.17) is 5.11 Å². The number of carbonyl (C=O) groups is 2. The molecule has 0 spiro atoms. The number of carboxylic acids is 1. The van der Waals surface area contributed by atoms with Crippen molar-refractivity contribution in [3.05, 3.63) is 57.8 Å². The molecule has 1 heterocycles. The van der Waals surface area contributed by atoms with Crippen LogP contribution < -0.4 is 5.32 Å². The van der Waals surface area contributed by atoms with Crippen molar-refractivity contribution in [2.45, 2.75) is 32.2 Å². The Bertz CT molecular complexity index is 652. The minimum absolute atomic E-state index is 0.131. The number of carboxylic acid groups (broad SMARTS) is 1. The molecule has 2 atom stereocenters. The van der Waals surface area contributed by atoms with Gasteiger partial charge in [0, 0.05) is 4.88 Å². The number of hydrogen-bond donors (Lipinski definition) is 2. The fraction of sp³-hybridized carbons (Fsp3) is 0.294. The summed E-state index contributed by atoms with van der Waals surface area (Å²) in [5, 5.41) is 13.9. The van der Waals surface area contributed by atoms with E-state index in [0.717, 1.165) is 16.0 Å². The molecule has 0 unspecified atom stereocenters. The summed E-state index contributed by atoms with van der Waals surface area (Å²) in [6.45, 7) is 3.75. The van der Waals surface area contributed by atoms with Crippen LogP contribution in [0.5, 0.6) is 0 Å². The van der Waals surface area contributed by atoms with E-state index in [1.54, 1.807) is 0 Å². The highest BCUT2D eigenvalue weighted by Crippen LogP contribution is 2.25. The van der Waals surface area contributed by atoms with Crippen molar-refractivity contribution in [2.24, 2.45) is 0 Å². The molecular weight excluding hydrogens is 298 g/mol. The molecule has 0 radical (unpaired) electrons. The SMILES string of the molecule is Cc1ccccc1[C@@H](CC(=O)O)NC(=O)[C@@H](C)c1cccs1. The molecule has 0 saturated heterocycles. The third-order valence-corrected chi connectivity index (χ3v) is 4.68. The van der Waals surface area contributed by atoms with E-state index in [9.17, 15) is 9.59 Å². The second-order valence-electron chi connectivity index (χ2n) is 5.25. The lowest BCUT2D eigenvalue weighted by molar-refractivity contribution is -0.137. The average molecular weight is 317 g/mol. The van der Waals surface area contributed by atoms with Crippen molar-refractivity contribution >= 4 is 23.2 Å². The maximum absolute atomic E-state index is 12.4. The second-order valence-corrected chi connectivity index (χ2v) is 6.23. The number of thiophene rings is 1. The molecule has 5 heteroatoms. The minimum Gasteiger partial charge on any atom is -0.481 e. The van der Waals surface area contributed by atoms with Gasteiger partial charge in [-0.15, -0.1) is 11.3 Å². The summed E-state index contributed by atoms with van der Waals surface area (Å²) in [5.41, 5.74) is 1.81. The Balaban J connectivity index is 2.18. The molecule has 0 aliphatic rings. The van der Waals surface area contributed by atoms with Crippen LogP contribution in [0.4, 0.5) is 0 Å². The highest BCUT2D eigenvalue weighted by Gasteiger charge is 2.23. The lowest BCUT2D eigenvalue weighted by Gasteiger charge is -2.21. The first kappa shape index (κ1) is 16.2. The number of aryl methyl sites for hydroxylation is 1. The molecule has 0 aliphatic heterocycles. The Kier molecular flexibility index (Phi) is 5.33. The predicted octanol–water partition coefficient (Wildman–Crippen LogP) is 3.49. The first-order valence-corrected chi connectivity index (χ1v) is 7.98. The van der Waals surface area contributed by atoms with Gasteiger partial charge in [0.15, 0.2) is 0 Å². The van der Waals surface area contributed by atoms with E-state index in [2.05, 4.69) is 5.32 Å². The number of benzene rings is 1. The third kappa shape index (κ3) is 3.95. The quantitative estimate of drug-likeness (QED) is 0.857. The van der Waals surface area contributed by atoms with Crippen LogP contribution in [0.25, 0.3) is 0 Å². The molecule has 116 valence electrons. The molecular formula is C17H19NO3S. The number of amides is 1. The molecule has 0 aliphatic carbocycles. The van der Waals surface area contributed by atoms with Gasteiger partial charge in [-0.05, 0) is 36.4 Å². The average Bonchev–Trinajstić information content (AvgIpc) is 3.00. The number of nitrogens with one attached hydrogen (secondary N) is 1. The zero-order chi connectivity index (χ0) is 16.1. The fourth-order valence-electron chi connectivity index (χ4n) is 2.35. The monoisotopic (exact) mass is 317 g/mol. The predicted molar refractivity (Wildman–Crippen MR) is 87.0 cm³/mol. The fourth-order valence-corrected chi connectivity index (χ4v) is 3.14. The summed E-state index contributed by atoms with van der Waals surface area (Å²) in [6.07, 6.45) is -0.131. The largest absolute Gasteiger partial charge is 0.481 e. The summed E-state index contributed by atoms with van der Waals surface area (Å²) in [4.78, 5) is 24.5. The van der Waals surface area contributed by atoms with E-state index in [1.165, 1.54) is 11.3 Å². The lowest BCUT2D eigenvalue weighted by atomic mass is 9.98. The van der Waals surface area contributed by atoms with E-state index in [-0.39, 0.29) is 18.2 Å². The van der Waals surface area contributed by atoms with Gasteiger partial charge in [-0.25, -0.2) is 0 Å². The van der Waals surface area contributed by atoms with Gasteiger partial charge in [0.2, 0.25) is 5.91 Å². The van der Waals surface area contributed by atoms with E-state index in [1.807, 2.05) is 55.6 Å². The van der Waals surface area contributed by atoms with Gasteiger partial charge in [0.05, 0.1) is 18.4 Å². The van der Waals surface area contributed by atoms with Crippen molar-refractivity contribution < 1.29 is 14.7 Å². The van der Waals surface area contributed by atoms with Crippen molar-refractivity contribution in [1.29, 1.82) is 0 Å². The maximum atomic E-state index is 12.4. The van der Waals surface area contributed by atoms with Crippen LogP contribution in [0, 0.1) is 6.92 Å². The van der Waals surface area contributed by atoms with E-state index >= 15 is 0 Å². The van der Waals surface area contributed by atoms with Gasteiger partial charge in [-0.1, -0.05) is 30.3 Å². The van der Waals surface area contributed by atoms with E-state index in [0.29, 0.717) is 0 Å². The highest BCUT2D eigenvalue weighted by atomic mass is 32.1. The summed E-state index contributed by atoms with van der Waals surface area (Å²) >= 11 is 1.52. The molecule has 0 fully saturated rings. The van der Waals surface area contributed by atoms with Gasteiger partial charge >= 0.3 is 5.97 Å². The van der Waals surface area contributed by atoms with Crippen LogP contribution >= 0.6 is 11.3 Å². The van der Waals surface area contributed by atoms with Crippen molar-refractivity contribution in [1.82, 2.24) is 5.32 Å². The number of rotatable bonds is 6. The molecule has 1 aromatic carbocycles. The van der Waals surface area contributed by atoms with Gasteiger partial charge in [0.25, 0.3) is 0 Å². The normalized spacial score (nSPS) is 13.4. The molecule has 2 N–H and O–H groups in total. The van der Waals surface area contributed by atoms with Crippen molar-refractivity contribution in [2.75, 3.05) is 0 Å². The van der Waals surface area contributed by atoms with Crippen LogP contribution in [0.2, 0.25) is 0 Å². The molecule has 22 heavy (non-hydrogen) atoms. The minimum atomic E-state index is -0.933. The molecule has 1 aromatic heterocycles. The third-order valence-electron chi connectivity index (χ3n) is 3.62. The van der Waals surface area contributed by atoms with E-state index < -0.39 is 12.0 Å². The Morgan fingerprint density at radius 3 is 2.55 bits per heavy atom. The molecule has 2 rings (SSSR count). The molecule has 0 saturated carbocycles. The van der Waals surface area contributed by atoms with Crippen molar-refractivity contribution in [3.63, 3.8) is 0 Å². The van der Waals surface area contributed by atoms with Crippen LogP contribution in [0.3, 0.4) is 0 Å². The maximum Gasteiger partial charge on any atom is 0.305 e. The van der Waals surface area contributed by atoms with Gasteiger partial charge in [-0.3, -0.25) is 9.59 Å². The Morgan fingerprint density at radius 2 is 1.95 bits per heavy atom. The smallest absolute Gasteiger partial charge is 0.305 e. The number of hydrogen-bond acceptors (Lipinski definition) is 3. The van der Waals surface area contributed by atoms with Crippen molar-refractivity contribution in [3.8, 4) is 0 Å². The van der Waals surface area contributed by atoms with Crippen LogP contribution in [-0.4, -0.2) is 17.0 Å². The van der Waals surface area contributed by atoms with Gasteiger partial charge in [-0.2, -0.15) is 0 Å². The first-order chi connectivity index (χ1) is 10.5. The number of aliphatic carboxylic acids is 1.